The van der Waals surface area contributed by atoms with Gasteiger partial charge in [0.05, 0.1) is 11.4 Å². The Labute approximate surface area is 247 Å². The minimum atomic E-state index is 0.474. The molecule has 0 saturated heterocycles. The second-order valence-electron chi connectivity index (χ2n) is 9.49. The maximum Gasteiger partial charge on any atom is 0.181 e. The highest BCUT2D eigenvalue weighted by Crippen LogP contribution is 2.32. The zero-order chi connectivity index (χ0) is 30.8. The van der Waals surface area contributed by atoms with Crippen molar-refractivity contribution in [2.24, 2.45) is 4.99 Å². The number of hydrogen-bond donors (Lipinski definition) is 1. The lowest BCUT2D eigenvalue weighted by molar-refractivity contribution is 0.337. The molecule has 0 aromatic heterocycles. The molecule has 1 aromatic carbocycles. The molecule has 0 fully saturated rings. The number of benzene rings is 1. The van der Waals surface area contributed by atoms with Crippen LogP contribution in [0, 0.1) is 11.5 Å². The molecule has 1 aromatic rings. The molecule has 0 bridgehead atoms. The predicted molar refractivity (Wildman–Crippen MR) is 181 cm³/mol. The summed E-state index contributed by atoms with van der Waals surface area (Å²) in [6, 6.07) is 7.10. The lowest BCUT2D eigenvalue weighted by atomic mass is 10.0. The van der Waals surface area contributed by atoms with E-state index in [1.807, 2.05) is 32.9 Å². The highest BCUT2D eigenvalue weighted by atomic mass is 15.2. The Bertz CT molecular complexity index is 978. The van der Waals surface area contributed by atoms with E-state index in [0.717, 1.165) is 43.6 Å². The second kappa shape index (κ2) is 25.9. The molecule has 0 heterocycles. The van der Waals surface area contributed by atoms with E-state index in [1.54, 1.807) is 13.1 Å². The summed E-state index contributed by atoms with van der Waals surface area (Å²) in [5.41, 5.74) is 5.29. The van der Waals surface area contributed by atoms with Crippen molar-refractivity contribution in [2.45, 2.75) is 86.6 Å². The van der Waals surface area contributed by atoms with E-state index in [0.29, 0.717) is 11.7 Å². The van der Waals surface area contributed by atoms with Crippen LogP contribution in [0.3, 0.4) is 0 Å². The lowest BCUT2D eigenvalue weighted by Crippen LogP contribution is -2.35. The molecular formula is C35H57N5. The average molecular weight is 548 g/mol. The van der Waals surface area contributed by atoms with Gasteiger partial charge in [-0.15, -0.1) is 0 Å². The molecule has 1 N–H and O–H groups in total. The number of unbranched alkanes of at least 4 members (excludes halogenated alkanes) is 1. The Balaban J connectivity index is 0. The quantitative estimate of drug-likeness (QED) is 0.0969. The van der Waals surface area contributed by atoms with E-state index in [9.17, 15) is 0 Å². The van der Waals surface area contributed by atoms with E-state index >= 15 is 0 Å². The molecule has 0 aliphatic rings. The Morgan fingerprint density at radius 3 is 2.30 bits per heavy atom. The van der Waals surface area contributed by atoms with Crippen molar-refractivity contribution in [3.63, 3.8) is 0 Å². The van der Waals surface area contributed by atoms with Gasteiger partial charge in [-0.1, -0.05) is 96.2 Å². The molecule has 0 aliphatic heterocycles. The summed E-state index contributed by atoms with van der Waals surface area (Å²) in [5, 5.41) is 10.1. The molecule has 5 nitrogen and oxygen atoms in total. The van der Waals surface area contributed by atoms with Crippen LogP contribution in [0.2, 0.25) is 0 Å². The van der Waals surface area contributed by atoms with Crippen LogP contribution in [0.1, 0.15) is 86.1 Å². The highest BCUT2D eigenvalue weighted by molar-refractivity contribution is 5.76. The van der Waals surface area contributed by atoms with Crippen LogP contribution in [-0.4, -0.2) is 44.3 Å². The smallest absolute Gasteiger partial charge is 0.181 e. The third-order valence-electron chi connectivity index (χ3n) is 5.78. The molecule has 0 saturated carbocycles. The van der Waals surface area contributed by atoms with Gasteiger partial charge in [0.1, 0.15) is 0 Å². The fourth-order valence-corrected chi connectivity index (χ4v) is 3.84. The summed E-state index contributed by atoms with van der Waals surface area (Å²) in [5.74, 6) is 0. The first-order chi connectivity index (χ1) is 19.2. The number of nitriles is 1. The normalized spacial score (nSPS) is 11.7. The summed E-state index contributed by atoms with van der Waals surface area (Å²) in [4.78, 5) is 9.65. The predicted octanol–water partition coefficient (Wildman–Crippen LogP) is 9.45. The third kappa shape index (κ3) is 18.8. The summed E-state index contributed by atoms with van der Waals surface area (Å²) in [7, 11) is 4.41. The van der Waals surface area contributed by atoms with Gasteiger partial charge in [-0.05, 0) is 70.4 Å². The molecule has 40 heavy (non-hydrogen) atoms. The monoisotopic (exact) mass is 547 g/mol. The van der Waals surface area contributed by atoms with Gasteiger partial charge in [0.25, 0.3) is 0 Å². The number of allylic oxidation sites excluding steroid dienone is 5. The maximum absolute atomic E-state index is 7.81. The fourth-order valence-electron chi connectivity index (χ4n) is 3.84. The van der Waals surface area contributed by atoms with Gasteiger partial charge in [-0.3, -0.25) is 10.3 Å². The van der Waals surface area contributed by atoms with E-state index in [4.69, 9.17) is 10.3 Å². The molecule has 5 heteroatoms. The van der Waals surface area contributed by atoms with Gasteiger partial charge < -0.3 is 9.80 Å². The van der Waals surface area contributed by atoms with Gasteiger partial charge in [-0.2, -0.15) is 5.26 Å². The first-order valence-electron chi connectivity index (χ1n) is 14.7. The molecule has 222 valence electrons. The summed E-state index contributed by atoms with van der Waals surface area (Å²) < 4.78 is 0. The molecular weight excluding hydrogens is 490 g/mol. The molecule has 0 spiro atoms. The Hall–Kier alpha value is -3.36. The van der Waals surface area contributed by atoms with E-state index in [-0.39, 0.29) is 0 Å². The van der Waals surface area contributed by atoms with Crippen molar-refractivity contribution in [1.29, 1.82) is 5.26 Å². The maximum atomic E-state index is 7.81. The van der Waals surface area contributed by atoms with Gasteiger partial charge in [0.15, 0.2) is 6.19 Å². The standard InChI is InChI=1S/C29H45N3.C4H6N2.C2H6/c1-8-12-14-17-25(5)24-31(6)22-20-27(16-11-4)32(7)29-19-18-26(15-10-3)23-28(29)30-21-13-9-2;1-4(2)6-3-5;1-2/h8,10,12,14-15,17-19,21,23,27H,5,9,11,13,16,20,22,24H2,1-4,6-7H3;6H,1H2,2H3;1-2H3/b12-8-,15-10+,17-14-,30-21?;;. The zero-order valence-corrected chi connectivity index (χ0v) is 27.0. The van der Waals surface area contributed by atoms with Crippen molar-refractivity contribution in [3.8, 4) is 6.19 Å². The van der Waals surface area contributed by atoms with Crippen LogP contribution >= 0.6 is 0 Å². The minimum Gasteiger partial charge on any atom is -0.370 e. The minimum absolute atomic E-state index is 0.474. The van der Waals surface area contributed by atoms with Crippen molar-refractivity contribution in [1.82, 2.24) is 10.2 Å². The highest BCUT2D eigenvalue weighted by Gasteiger charge is 2.18. The summed E-state index contributed by atoms with van der Waals surface area (Å²) in [6.45, 7) is 23.8. The largest absolute Gasteiger partial charge is 0.370 e. The number of nitrogens with one attached hydrogen (secondary N) is 1. The topological polar surface area (TPSA) is 54.7 Å². The number of nitrogens with zero attached hydrogens (tertiary/aromatic N) is 4. The second-order valence-corrected chi connectivity index (χ2v) is 9.49. The van der Waals surface area contributed by atoms with Crippen LogP contribution in [0.4, 0.5) is 11.4 Å². The van der Waals surface area contributed by atoms with Crippen molar-refractivity contribution >= 4 is 23.7 Å². The van der Waals surface area contributed by atoms with Crippen LogP contribution in [0.15, 0.2) is 78.0 Å². The van der Waals surface area contributed by atoms with E-state index < -0.39 is 0 Å². The number of likely N-dealkylation sites (N-methyl/N-ethyl adjacent to an activating group) is 1. The molecule has 0 amide bonds. The van der Waals surface area contributed by atoms with Crippen molar-refractivity contribution in [2.75, 3.05) is 32.1 Å². The number of hydrogen-bond acceptors (Lipinski definition) is 5. The Morgan fingerprint density at radius 2 is 1.77 bits per heavy atom. The SMILES string of the molecule is C=C(/C=C\C=C/C)CN(C)CCC(CCC)N(C)c1ccc(/C=C/C)cc1N=CCCC.C=C(C)NC#N.CC. The molecule has 0 aliphatic carbocycles. The van der Waals surface area contributed by atoms with Gasteiger partial charge in [0.2, 0.25) is 0 Å². The fraction of sp³-hybridized carbons (Fsp3) is 0.486. The summed E-state index contributed by atoms with van der Waals surface area (Å²) in [6.07, 6.45) is 21.8. The van der Waals surface area contributed by atoms with Gasteiger partial charge in [-0.25, -0.2) is 0 Å². The first-order valence-corrected chi connectivity index (χ1v) is 14.7. The van der Waals surface area contributed by atoms with Crippen molar-refractivity contribution < 1.29 is 0 Å². The van der Waals surface area contributed by atoms with Crippen LogP contribution < -0.4 is 10.2 Å². The Morgan fingerprint density at radius 1 is 1.07 bits per heavy atom. The molecule has 1 atom stereocenters. The number of aliphatic imine (C=N–C) groups is 1. The average Bonchev–Trinajstić information content (AvgIpc) is 2.92. The van der Waals surface area contributed by atoms with Crippen molar-refractivity contribution in [3.05, 3.63) is 78.6 Å². The zero-order valence-electron chi connectivity index (χ0n) is 27.0. The molecule has 1 rings (SSSR count). The Kier molecular flexibility index (Phi) is 25.1. The van der Waals surface area contributed by atoms with Gasteiger partial charge >= 0.3 is 0 Å². The lowest BCUT2D eigenvalue weighted by Gasteiger charge is -2.32. The number of anilines is 1. The molecule has 1 unspecified atom stereocenters. The van der Waals surface area contributed by atoms with Crippen LogP contribution in [0.5, 0.6) is 0 Å². The third-order valence-corrected chi connectivity index (χ3v) is 5.78. The van der Waals surface area contributed by atoms with Crippen LogP contribution in [0.25, 0.3) is 6.08 Å². The van der Waals surface area contributed by atoms with E-state index in [1.165, 1.54) is 24.1 Å². The van der Waals surface area contributed by atoms with Crippen LogP contribution in [-0.2, 0) is 0 Å². The number of rotatable bonds is 16. The summed E-state index contributed by atoms with van der Waals surface area (Å²) >= 11 is 0. The van der Waals surface area contributed by atoms with Gasteiger partial charge in [0, 0.05) is 38.1 Å². The first kappa shape index (κ1) is 38.8. The molecule has 0 radical (unpaired) electrons. The van der Waals surface area contributed by atoms with E-state index in [2.05, 4.69) is 112 Å².